The fourth-order valence-corrected chi connectivity index (χ4v) is 2.33. The normalized spacial score (nSPS) is 10.5. The first-order valence-electron chi connectivity index (χ1n) is 6.64. The van der Waals surface area contributed by atoms with E-state index in [0.29, 0.717) is 23.3 Å². The number of para-hydroxylation sites is 1. The van der Waals surface area contributed by atoms with Gasteiger partial charge in [-0.2, -0.15) is 5.26 Å². The zero-order chi connectivity index (χ0) is 14.8. The van der Waals surface area contributed by atoms with Crippen molar-refractivity contribution in [3.05, 3.63) is 75.8 Å². The molecule has 0 aliphatic carbocycles. The summed E-state index contributed by atoms with van der Waals surface area (Å²) in [4.78, 5) is 17.0. The summed E-state index contributed by atoms with van der Waals surface area (Å²) in [5.41, 5.74) is 2.26. The Balaban J connectivity index is 2.08. The summed E-state index contributed by atoms with van der Waals surface area (Å²) in [5.74, 6) is 0.683. The average Bonchev–Trinajstić information content (AvgIpc) is 2.52. The zero-order valence-electron chi connectivity index (χ0n) is 11.6. The first-order chi connectivity index (χ1) is 10.2. The van der Waals surface area contributed by atoms with Crippen molar-refractivity contribution in [2.75, 3.05) is 0 Å². The summed E-state index contributed by atoms with van der Waals surface area (Å²) < 4.78 is 1.66. The van der Waals surface area contributed by atoms with Crippen molar-refractivity contribution < 1.29 is 0 Å². The molecule has 0 saturated carbocycles. The molecule has 0 saturated heterocycles. The van der Waals surface area contributed by atoms with Crippen LogP contribution in [0.15, 0.2) is 53.3 Å². The molecule has 3 rings (SSSR count). The van der Waals surface area contributed by atoms with Crippen LogP contribution in [0.5, 0.6) is 0 Å². The Morgan fingerprint density at radius 2 is 1.86 bits per heavy atom. The minimum Gasteiger partial charge on any atom is -0.292 e. The van der Waals surface area contributed by atoms with Crippen molar-refractivity contribution in [2.45, 2.75) is 13.5 Å². The van der Waals surface area contributed by atoms with E-state index in [1.807, 2.05) is 37.3 Å². The van der Waals surface area contributed by atoms with Crippen molar-refractivity contribution in [1.82, 2.24) is 9.55 Å². The molecule has 3 aromatic rings. The third kappa shape index (κ3) is 2.41. The third-order valence-corrected chi connectivity index (χ3v) is 3.48. The highest BCUT2D eigenvalue weighted by Crippen LogP contribution is 2.10. The Bertz CT molecular complexity index is 902. The number of aryl methyl sites for hydroxylation is 1. The van der Waals surface area contributed by atoms with Gasteiger partial charge in [0.25, 0.3) is 5.56 Å². The summed E-state index contributed by atoms with van der Waals surface area (Å²) in [7, 11) is 0. The van der Waals surface area contributed by atoms with Crippen LogP contribution in [0.25, 0.3) is 10.9 Å². The maximum Gasteiger partial charge on any atom is 0.261 e. The van der Waals surface area contributed by atoms with Crippen LogP contribution < -0.4 is 5.56 Å². The van der Waals surface area contributed by atoms with Crippen molar-refractivity contribution in [3.8, 4) is 6.07 Å². The Hall–Kier alpha value is -2.93. The first kappa shape index (κ1) is 13.1. The molecule has 0 aliphatic rings. The lowest BCUT2D eigenvalue weighted by molar-refractivity contribution is 0.713. The summed E-state index contributed by atoms with van der Waals surface area (Å²) >= 11 is 0. The van der Waals surface area contributed by atoms with Gasteiger partial charge in [0.15, 0.2) is 0 Å². The number of aromatic nitrogens is 2. The van der Waals surface area contributed by atoms with Gasteiger partial charge in [-0.1, -0.05) is 24.3 Å². The van der Waals surface area contributed by atoms with E-state index in [1.165, 1.54) is 0 Å². The summed E-state index contributed by atoms with van der Waals surface area (Å²) in [6.45, 7) is 2.28. The molecular weight excluding hydrogens is 262 g/mol. The van der Waals surface area contributed by atoms with Crippen LogP contribution >= 0.6 is 0 Å². The second-order valence-electron chi connectivity index (χ2n) is 4.88. The van der Waals surface area contributed by atoms with Gasteiger partial charge in [0.05, 0.1) is 29.1 Å². The number of nitriles is 1. The highest BCUT2D eigenvalue weighted by atomic mass is 16.1. The second kappa shape index (κ2) is 5.22. The minimum atomic E-state index is -0.0394. The molecule has 21 heavy (non-hydrogen) atoms. The average molecular weight is 275 g/mol. The molecule has 0 atom stereocenters. The van der Waals surface area contributed by atoms with Crippen molar-refractivity contribution in [1.29, 1.82) is 5.26 Å². The van der Waals surface area contributed by atoms with Gasteiger partial charge >= 0.3 is 0 Å². The molecular formula is C17H13N3O. The topological polar surface area (TPSA) is 58.7 Å². The lowest BCUT2D eigenvalue weighted by Crippen LogP contribution is -2.24. The van der Waals surface area contributed by atoms with Crippen molar-refractivity contribution in [3.63, 3.8) is 0 Å². The van der Waals surface area contributed by atoms with Crippen LogP contribution in [0.2, 0.25) is 0 Å². The number of benzene rings is 2. The SMILES string of the molecule is Cc1nc2ccccc2c(=O)n1Cc1ccc(C#N)cc1. The quantitative estimate of drug-likeness (QED) is 0.722. The predicted octanol–water partition coefficient (Wildman–Crippen LogP) is 2.62. The van der Waals surface area contributed by atoms with E-state index in [9.17, 15) is 4.79 Å². The highest BCUT2D eigenvalue weighted by molar-refractivity contribution is 5.77. The molecule has 0 amide bonds. The molecule has 0 fully saturated rings. The van der Waals surface area contributed by atoms with E-state index >= 15 is 0 Å². The van der Waals surface area contributed by atoms with Crippen LogP contribution in [-0.4, -0.2) is 9.55 Å². The summed E-state index contributed by atoms with van der Waals surface area (Å²) in [5, 5.41) is 9.43. The maximum atomic E-state index is 12.5. The van der Waals surface area contributed by atoms with Gasteiger partial charge in [0.2, 0.25) is 0 Å². The Morgan fingerprint density at radius 3 is 2.57 bits per heavy atom. The third-order valence-electron chi connectivity index (χ3n) is 3.48. The molecule has 0 N–H and O–H groups in total. The predicted molar refractivity (Wildman–Crippen MR) is 81.0 cm³/mol. The van der Waals surface area contributed by atoms with E-state index in [4.69, 9.17) is 5.26 Å². The van der Waals surface area contributed by atoms with Gasteiger partial charge in [-0.3, -0.25) is 9.36 Å². The molecule has 2 aromatic carbocycles. The molecule has 0 radical (unpaired) electrons. The van der Waals surface area contributed by atoms with Gasteiger partial charge in [0, 0.05) is 0 Å². The van der Waals surface area contributed by atoms with Gasteiger partial charge in [0.1, 0.15) is 5.82 Å². The largest absolute Gasteiger partial charge is 0.292 e. The summed E-state index contributed by atoms with van der Waals surface area (Å²) in [6.07, 6.45) is 0. The van der Waals surface area contributed by atoms with Gasteiger partial charge in [-0.15, -0.1) is 0 Å². The van der Waals surface area contributed by atoms with Crippen LogP contribution in [0, 0.1) is 18.3 Å². The maximum absolute atomic E-state index is 12.5. The van der Waals surface area contributed by atoms with E-state index in [-0.39, 0.29) is 5.56 Å². The molecule has 4 nitrogen and oxygen atoms in total. The second-order valence-corrected chi connectivity index (χ2v) is 4.88. The summed E-state index contributed by atoms with van der Waals surface area (Å²) in [6, 6.07) is 16.7. The molecule has 0 aliphatic heterocycles. The lowest BCUT2D eigenvalue weighted by Gasteiger charge is -2.10. The number of fused-ring (bicyclic) bond motifs is 1. The highest BCUT2D eigenvalue weighted by Gasteiger charge is 2.08. The van der Waals surface area contributed by atoms with E-state index in [2.05, 4.69) is 11.1 Å². The Kier molecular flexibility index (Phi) is 3.25. The fraction of sp³-hybridized carbons (Fsp3) is 0.118. The molecule has 0 unspecified atom stereocenters. The minimum absolute atomic E-state index is 0.0394. The van der Waals surface area contributed by atoms with E-state index in [0.717, 1.165) is 11.1 Å². The van der Waals surface area contributed by atoms with E-state index in [1.54, 1.807) is 22.8 Å². The number of rotatable bonds is 2. The first-order valence-corrected chi connectivity index (χ1v) is 6.64. The lowest BCUT2D eigenvalue weighted by atomic mass is 10.1. The molecule has 0 bridgehead atoms. The zero-order valence-corrected chi connectivity index (χ0v) is 11.6. The molecule has 1 heterocycles. The molecule has 102 valence electrons. The van der Waals surface area contributed by atoms with Crippen molar-refractivity contribution >= 4 is 10.9 Å². The van der Waals surface area contributed by atoms with Gasteiger partial charge < -0.3 is 0 Å². The molecule has 1 aromatic heterocycles. The molecule has 4 heteroatoms. The number of hydrogen-bond acceptors (Lipinski definition) is 3. The molecule has 0 spiro atoms. The van der Waals surface area contributed by atoms with E-state index < -0.39 is 0 Å². The Labute approximate surface area is 121 Å². The van der Waals surface area contributed by atoms with Crippen LogP contribution in [0.4, 0.5) is 0 Å². The smallest absolute Gasteiger partial charge is 0.261 e. The van der Waals surface area contributed by atoms with Crippen molar-refractivity contribution in [2.24, 2.45) is 0 Å². The number of nitrogens with zero attached hydrogens (tertiary/aromatic N) is 3. The number of hydrogen-bond donors (Lipinski definition) is 0. The van der Waals surface area contributed by atoms with Crippen LogP contribution in [0.1, 0.15) is 17.0 Å². The standard InChI is InChI=1S/C17H13N3O/c1-12-19-16-5-3-2-4-15(16)17(21)20(12)11-14-8-6-13(10-18)7-9-14/h2-9H,11H2,1H3. The Morgan fingerprint density at radius 1 is 1.14 bits per heavy atom. The van der Waals surface area contributed by atoms with Crippen LogP contribution in [0.3, 0.4) is 0 Å². The monoisotopic (exact) mass is 275 g/mol. The van der Waals surface area contributed by atoms with Crippen LogP contribution in [-0.2, 0) is 6.54 Å². The fourth-order valence-electron chi connectivity index (χ4n) is 2.33. The van der Waals surface area contributed by atoms with Gasteiger partial charge in [-0.05, 0) is 36.8 Å². The van der Waals surface area contributed by atoms with Gasteiger partial charge in [-0.25, -0.2) is 4.98 Å².